The summed E-state index contributed by atoms with van der Waals surface area (Å²) in [5.74, 6) is 4.38. The van der Waals surface area contributed by atoms with Gasteiger partial charge in [-0.1, -0.05) is 12.1 Å². The van der Waals surface area contributed by atoms with Gasteiger partial charge in [0.1, 0.15) is 5.82 Å². The van der Waals surface area contributed by atoms with Gasteiger partial charge in [-0.05, 0) is 36.4 Å². The van der Waals surface area contributed by atoms with Crippen molar-refractivity contribution in [3.63, 3.8) is 0 Å². The summed E-state index contributed by atoms with van der Waals surface area (Å²) in [4.78, 5) is 11.8. The molecule has 0 aromatic heterocycles. The number of benzene rings is 2. The summed E-state index contributed by atoms with van der Waals surface area (Å²) in [6.07, 6.45) is 0. The molecule has 0 saturated carbocycles. The third kappa shape index (κ3) is 2.64. The molecule has 0 aliphatic heterocycles. The topological polar surface area (TPSA) is 67.1 Å². The van der Waals surface area contributed by atoms with E-state index in [0.717, 1.165) is 0 Å². The smallest absolute Gasteiger partial charge is 0.255 e. The molecular weight excluding hydrogens is 233 g/mol. The maximum atomic E-state index is 13.3. The molecule has 18 heavy (non-hydrogen) atoms. The van der Waals surface area contributed by atoms with Crippen molar-refractivity contribution < 1.29 is 9.18 Å². The highest BCUT2D eigenvalue weighted by Gasteiger charge is 2.08. The Morgan fingerprint density at radius 1 is 1.06 bits per heavy atom. The first-order chi connectivity index (χ1) is 8.70. The molecule has 0 saturated heterocycles. The van der Waals surface area contributed by atoms with Crippen LogP contribution >= 0.6 is 0 Å². The molecule has 92 valence electrons. The van der Waals surface area contributed by atoms with Crippen LogP contribution in [0.1, 0.15) is 10.4 Å². The molecule has 4 nitrogen and oxygen atoms in total. The molecule has 2 aromatic rings. The monoisotopic (exact) mass is 245 g/mol. The normalized spacial score (nSPS) is 9.89. The first kappa shape index (κ1) is 12.1. The fourth-order valence-corrected chi connectivity index (χ4v) is 1.47. The van der Waals surface area contributed by atoms with Crippen molar-refractivity contribution in [2.45, 2.75) is 0 Å². The van der Waals surface area contributed by atoms with E-state index >= 15 is 0 Å². The van der Waals surface area contributed by atoms with Crippen LogP contribution in [0.3, 0.4) is 0 Å². The number of nitrogen functional groups attached to an aromatic ring is 1. The number of nitrogens with one attached hydrogen (secondary N) is 2. The highest BCUT2D eigenvalue weighted by atomic mass is 19.1. The number of para-hydroxylation sites is 1. The van der Waals surface area contributed by atoms with Crippen LogP contribution in [0.15, 0.2) is 48.5 Å². The van der Waals surface area contributed by atoms with Gasteiger partial charge < -0.3 is 10.7 Å². The molecule has 1 amide bonds. The van der Waals surface area contributed by atoms with Crippen molar-refractivity contribution in [1.29, 1.82) is 0 Å². The molecule has 0 atom stereocenters. The zero-order chi connectivity index (χ0) is 13.0. The van der Waals surface area contributed by atoms with Gasteiger partial charge in [0.05, 0.1) is 5.69 Å². The highest BCUT2D eigenvalue weighted by molar-refractivity contribution is 6.04. The van der Waals surface area contributed by atoms with Crippen LogP contribution in [-0.4, -0.2) is 5.91 Å². The van der Waals surface area contributed by atoms with E-state index in [1.54, 1.807) is 36.4 Å². The van der Waals surface area contributed by atoms with E-state index in [4.69, 9.17) is 5.84 Å². The summed E-state index contributed by atoms with van der Waals surface area (Å²) in [7, 11) is 0. The van der Waals surface area contributed by atoms with Gasteiger partial charge in [0, 0.05) is 11.3 Å². The van der Waals surface area contributed by atoms with Crippen LogP contribution in [-0.2, 0) is 0 Å². The highest BCUT2D eigenvalue weighted by Crippen LogP contribution is 2.15. The Morgan fingerprint density at radius 3 is 2.33 bits per heavy atom. The predicted octanol–water partition coefficient (Wildman–Crippen LogP) is 2.36. The van der Waals surface area contributed by atoms with Gasteiger partial charge in [-0.3, -0.25) is 10.6 Å². The van der Waals surface area contributed by atoms with E-state index in [2.05, 4.69) is 10.7 Å². The van der Waals surface area contributed by atoms with Crippen molar-refractivity contribution >= 4 is 17.3 Å². The maximum Gasteiger partial charge on any atom is 0.255 e. The molecule has 0 unspecified atom stereocenters. The molecule has 2 rings (SSSR count). The van der Waals surface area contributed by atoms with E-state index in [1.165, 1.54) is 12.1 Å². The largest absolute Gasteiger partial charge is 0.324 e. The quantitative estimate of drug-likeness (QED) is 0.574. The Hall–Kier alpha value is -2.40. The van der Waals surface area contributed by atoms with Gasteiger partial charge >= 0.3 is 0 Å². The minimum Gasteiger partial charge on any atom is -0.324 e. The first-order valence-corrected chi connectivity index (χ1v) is 5.33. The van der Waals surface area contributed by atoms with Crippen molar-refractivity contribution in [2.24, 2.45) is 5.84 Å². The first-order valence-electron chi connectivity index (χ1n) is 5.33. The maximum absolute atomic E-state index is 13.3. The molecule has 0 aliphatic rings. The number of hydrazine groups is 1. The zero-order valence-electron chi connectivity index (χ0n) is 9.48. The van der Waals surface area contributed by atoms with Gasteiger partial charge in [0.15, 0.2) is 0 Å². The third-order valence-corrected chi connectivity index (χ3v) is 2.44. The van der Waals surface area contributed by atoms with Crippen LogP contribution in [0, 0.1) is 5.82 Å². The minimum atomic E-state index is -0.467. The molecular formula is C13H12FN3O. The number of halogens is 1. The number of carbonyl (C=O) groups excluding carboxylic acids is 1. The molecule has 0 fully saturated rings. The summed E-state index contributed by atoms with van der Waals surface area (Å²) in [5, 5.41) is 2.50. The number of anilines is 2. The fourth-order valence-electron chi connectivity index (χ4n) is 1.47. The number of hydrogen-bond acceptors (Lipinski definition) is 3. The van der Waals surface area contributed by atoms with E-state index < -0.39 is 5.82 Å². The Kier molecular flexibility index (Phi) is 3.54. The van der Waals surface area contributed by atoms with Gasteiger partial charge in [-0.25, -0.2) is 4.39 Å². The number of hydrogen-bond donors (Lipinski definition) is 3. The summed E-state index contributed by atoms with van der Waals surface area (Å²) < 4.78 is 13.3. The number of amides is 1. The van der Waals surface area contributed by atoms with E-state index in [1.807, 2.05) is 0 Å². The second kappa shape index (κ2) is 5.29. The molecule has 0 radical (unpaired) electrons. The van der Waals surface area contributed by atoms with Crippen molar-refractivity contribution in [3.05, 3.63) is 59.9 Å². The van der Waals surface area contributed by atoms with Gasteiger partial charge in [-0.2, -0.15) is 0 Å². The predicted molar refractivity (Wildman–Crippen MR) is 68.6 cm³/mol. The minimum absolute atomic E-state index is 0.156. The third-order valence-electron chi connectivity index (χ3n) is 2.44. The Bertz CT molecular complexity index is 554. The average Bonchev–Trinajstić information content (AvgIpc) is 2.41. The SMILES string of the molecule is NNc1ccc(C(=O)Nc2ccccc2F)cc1. The van der Waals surface area contributed by atoms with Gasteiger partial charge in [0.25, 0.3) is 5.91 Å². The van der Waals surface area contributed by atoms with Gasteiger partial charge in [0.2, 0.25) is 0 Å². The van der Waals surface area contributed by atoms with Crippen molar-refractivity contribution in [1.82, 2.24) is 0 Å². The van der Waals surface area contributed by atoms with Crippen LogP contribution in [0.4, 0.5) is 15.8 Å². The standard InChI is InChI=1S/C13H12FN3O/c14-11-3-1-2-4-12(11)16-13(18)9-5-7-10(17-15)8-6-9/h1-8,17H,15H2,(H,16,18). The Balaban J connectivity index is 2.14. The lowest BCUT2D eigenvalue weighted by Gasteiger charge is -2.06. The summed E-state index contributed by atoms with van der Waals surface area (Å²) in [6, 6.07) is 12.5. The van der Waals surface area contributed by atoms with Crippen molar-refractivity contribution in [2.75, 3.05) is 10.7 Å². The summed E-state index contributed by atoms with van der Waals surface area (Å²) in [6.45, 7) is 0. The second-order valence-electron chi connectivity index (χ2n) is 3.66. The van der Waals surface area contributed by atoms with Crippen LogP contribution in [0.5, 0.6) is 0 Å². The lowest BCUT2D eigenvalue weighted by molar-refractivity contribution is 0.102. The number of rotatable bonds is 3. The molecule has 2 aromatic carbocycles. The average molecular weight is 245 g/mol. The van der Waals surface area contributed by atoms with Crippen LogP contribution in [0.2, 0.25) is 0 Å². The van der Waals surface area contributed by atoms with Crippen LogP contribution in [0.25, 0.3) is 0 Å². The number of nitrogens with two attached hydrogens (primary N) is 1. The molecule has 4 N–H and O–H groups in total. The molecule has 5 heteroatoms. The second-order valence-corrected chi connectivity index (χ2v) is 3.66. The summed E-state index contributed by atoms with van der Waals surface area (Å²) in [5.41, 5.74) is 3.74. The Morgan fingerprint density at radius 2 is 1.72 bits per heavy atom. The van der Waals surface area contributed by atoms with E-state index in [9.17, 15) is 9.18 Å². The van der Waals surface area contributed by atoms with Crippen LogP contribution < -0.4 is 16.6 Å². The van der Waals surface area contributed by atoms with E-state index in [-0.39, 0.29) is 11.6 Å². The molecule has 0 aliphatic carbocycles. The summed E-state index contributed by atoms with van der Waals surface area (Å²) >= 11 is 0. The lowest BCUT2D eigenvalue weighted by atomic mass is 10.2. The van der Waals surface area contributed by atoms with Crippen molar-refractivity contribution in [3.8, 4) is 0 Å². The lowest BCUT2D eigenvalue weighted by Crippen LogP contribution is -2.13. The Labute approximate surface area is 104 Å². The van der Waals surface area contributed by atoms with E-state index in [0.29, 0.717) is 11.3 Å². The molecule has 0 heterocycles. The zero-order valence-corrected chi connectivity index (χ0v) is 9.48. The van der Waals surface area contributed by atoms with Gasteiger partial charge in [-0.15, -0.1) is 0 Å². The fraction of sp³-hybridized carbons (Fsp3) is 0. The molecule has 0 spiro atoms. The molecule has 0 bridgehead atoms. The number of carbonyl (C=O) groups is 1.